The summed E-state index contributed by atoms with van der Waals surface area (Å²) in [5.41, 5.74) is 8.58. The van der Waals surface area contributed by atoms with Gasteiger partial charge in [0.05, 0.1) is 0 Å². The van der Waals surface area contributed by atoms with E-state index in [1.54, 1.807) is 0 Å². The zero-order chi connectivity index (χ0) is 32.9. The lowest BCUT2D eigenvalue weighted by Gasteiger charge is -2.20. The predicted octanol–water partition coefficient (Wildman–Crippen LogP) is 12.8. The maximum Gasteiger partial charge on any atom is 0.0378 e. The molecule has 0 amide bonds. The van der Waals surface area contributed by atoms with Crippen LogP contribution in [0.3, 0.4) is 0 Å². The molecule has 0 saturated carbocycles. The Kier molecular flexibility index (Phi) is 33.1. The summed E-state index contributed by atoms with van der Waals surface area (Å²) in [6.07, 6.45) is 20.3. The Morgan fingerprint density at radius 1 is 1.00 bits per heavy atom. The van der Waals surface area contributed by atoms with Crippen LogP contribution in [0.4, 0.5) is 0 Å². The maximum absolute atomic E-state index is 4.17. The molecule has 0 bridgehead atoms. The van der Waals surface area contributed by atoms with Gasteiger partial charge in [-0.05, 0) is 94.2 Å². The highest BCUT2D eigenvalue weighted by Gasteiger charge is 2.11. The van der Waals surface area contributed by atoms with Crippen molar-refractivity contribution in [1.29, 1.82) is 0 Å². The summed E-state index contributed by atoms with van der Waals surface area (Å²) in [6, 6.07) is 4.01. The van der Waals surface area contributed by atoms with Gasteiger partial charge in [0, 0.05) is 24.6 Å². The highest BCUT2D eigenvalue weighted by atomic mass is 14.8. The van der Waals surface area contributed by atoms with Gasteiger partial charge in [-0.15, -0.1) is 6.58 Å². The Labute approximate surface area is 258 Å². The van der Waals surface area contributed by atoms with Crippen molar-refractivity contribution >= 4 is 5.57 Å². The number of hydrogen-bond acceptors (Lipinski definition) is 2. The SMILES string of the molecule is C=C(/C=C\C(C)=C(/C)NC)c1ccnc(C)c1.C=C(C)C.C=C/C(=C\C=C/C)CCC.CC.CCCC(C)(C)CC. The molecule has 234 valence electrons. The molecule has 0 unspecified atom stereocenters. The monoisotopic (exact) mass is 565 g/mol. The second kappa shape index (κ2) is 30.1. The molecule has 0 fully saturated rings. The summed E-state index contributed by atoms with van der Waals surface area (Å²) >= 11 is 0. The van der Waals surface area contributed by atoms with Crippen molar-refractivity contribution in [3.63, 3.8) is 0 Å². The predicted molar refractivity (Wildman–Crippen MR) is 193 cm³/mol. The average Bonchev–Trinajstić information content (AvgIpc) is 2.94. The molecule has 1 aromatic rings. The summed E-state index contributed by atoms with van der Waals surface area (Å²) in [4.78, 5) is 4.17. The van der Waals surface area contributed by atoms with Gasteiger partial charge < -0.3 is 5.32 Å². The molecule has 0 atom stereocenters. The first kappa shape index (κ1) is 45.1. The molecule has 0 saturated heterocycles. The molecule has 0 aromatic carbocycles. The highest BCUT2D eigenvalue weighted by Crippen LogP contribution is 2.25. The van der Waals surface area contributed by atoms with E-state index in [1.165, 1.54) is 48.1 Å². The second-order valence-corrected chi connectivity index (χ2v) is 10.8. The minimum atomic E-state index is 0.592. The van der Waals surface area contributed by atoms with Gasteiger partial charge in [0.1, 0.15) is 0 Å². The minimum absolute atomic E-state index is 0.592. The van der Waals surface area contributed by atoms with Crippen molar-refractivity contribution in [3.05, 3.63) is 108 Å². The third-order valence-electron chi connectivity index (χ3n) is 5.96. The quantitative estimate of drug-likeness (QED) is 0.213. The first-order valence-corrected chi connectivity index (χ1v) is 15.5. The molecular formula is C39H68N2. The van der Waals surface area contributed by atoms with Crippen molar-refractivity contribution in [1.82, 2.24) is 10.3 Å². The topological polar surface area (TPSA) is 24.9 Å². The first-order chi connectivity index (χ1) is 19.2. The third-order valence-corrected chi connectivity index (χ3v) is 5.96. The van der Waals surface area contributed by atoms with Crippen LogP contribution in [0.1, 0.15) is 126 Å². The molecule has 2 heteroatoms. The lowest BCUT2D eigenvalue weighted by Crippen LogP contribution is -2.07. The van der Waals surface area contributed by atoms with Crippen molar-refractivity contribution in [3.8, 4) is 0 Å². The van der Waals surface area contributed by atoms with Crippen molar-refractivity contribution < 1.29 is 0 Å². The molecule has 0 spiro atoms. The van der Waals surface area contributed by atoms with E-state index < -0.39 is 0 Å². The van der Waals surface area contributed by atoms with Gasteiger partial charge in [0.25, 0.3) is 0 Å². The van der Waals surface area contributed by atoms with Crippen LogP contribution in [0.15, 0.2) is 96.9 Å². The van der Waals surface area contributed by atoms with E-state index in [9.17, 15) is 0 Å². The highest BCUT2D eigenvalue weighted by molar-refractivity contribution is 5.72. The largest absolute Gasteiger partial charge is 0.391 e. The van der Waals surface area contributed by atoms with Crippen LogP contribution in [0.5, 0.6) is 0 Å². The van der Waals surface area contributed by atoms with E-state index in [0.717, 1.165) is 23.3 Å². The molecule has 0 radical (unpaired) electrons. The lowest BCUT2D eigenvalue weighted by atomic mass is 9.86. The molecule has 1 heterocycles. The van der Waals surface area contributed by atoms with Crippen LogP contribution < -0.4 is 5.32 Å². The summed E-state index contributed by atoms with van der Waals surface area (Å²) in [6.45, 7) is 38.8. The van der Waals surface area contributed by atoms with Crippen LogP contribution >= 0.6 is 0 Å². The van der Waals surface area contributed by atoms with Crippen molar-refractivity contribution in [2.75, 3.05) is 7.05 Å². The van der Waals surface area contributed by atoms with Gasteiger partial charge in [-0.25, -0.2) is 0 Å². The number of hydrogen-bond donors (Lipinski definition) is 1. The number of nitrogens with zero attached hydrogens (tertiary/aromatic N) is 1. The molecule has 0 aliphatic heterocycles. The maximum atomic E-state index is 4.17. The van der Waals surface area contributed by atoms with Gasteiger partial charge >= 0.3 is 0 Å². The average molecular weight is 565 g/mol. The fourth-order valence-electron chi connectivity index (χ4n) is 3.00. The van der Waals surface area contributed by atoms with E-state index in [-0.39, 0.29) is 0 Å². The molecule has 0 aliphatic carbocycles. The molecule has 1 rings (SSSR count). The summed E-state index contributed by atoms with van der Waals surface area (Å²) in [7, 11) is 1.92. The molecule has 1 N–H and O–H groups in total. The lowest BCUT2D eigenvalue weighted by molar-refractivity contribution is 0.319. The van der Waals surface area contributed by atoms with Crippen LogP contribution in [0, 0.1) is 12.3 Å². The van der Waals surface area contributed by atoms with Crippen molar-refractivity contribution in [2.45, 2.75) is 122 Å². The van der Waals surface area contributed by atoms with Crippen LogP contribution in [-0.2, 0) is 0 Å². The molecule has 0 aliphatic rings. The zero-order valence-electron chi connectivity index (χ0n) is 29.8. The Morgan fingerprint density at radius 3 is 1.93 bits per heavy atom. The zero-order valence-corrected chi connectivity index (χ0v) is 29.8. The summed E-state index contributed by atoms with van der Waals surface area (Å²) in [5, 5.41) is 3.13. The normalized spacial score (nSPS) is 11.3. The molecule has 2 nitrogen and oxygen atoms in total. The number of allylic oxidation sites excluding steroid dienone is 11. The van der Waals surface area contributed by atoms with Gasteiger partial charge in [-0.3, -0.25) is 4.98 Å². The number of rotatable bonds is 11. The van der Waals surface area contributed by atoms with Crippen LogP contribution in [0.25, 0.3) is 5.57 Å². The Morgan fingerprint density at radius 2 is 1.56 bits per heavy atom. The van der Waals surface area contributed by atoms with Gasteiger partial charge in [-0.1, -0.05) is 123 Å². The number of aryl methyl sites for hydroxylation is 1. The Hall–Kier alpha value is -2.87. The van der Waals surface area contributed by atoms with Gasteiger partial charge in [0.15, 0.2) is 0 Å². The van der Waals surface area contributed by atoms with Crippen LogP contribution in [0.2, 0.25) is 0 Å². The first-order valence-electron chi connectivity index (χ1n) is 15.5. The van der Waals surface area contributed by atoms with Crippen LogP contribution in [-0.4, -0.2) is 12.0 Å². The van der Waals surface area contributed by atoms with E-state index in [4.69, 9.17) is 0 Å². The number of pyridine rings is 1. The van der Waals surface area contributed by atoms with E-state index in [0.29, 0.717) is 5.41 Å². The second-order valence-electron chi connectivity index (χ2n) is 10.8. The minimum Gasteiger partial charge on any atom is -0.391 e. The summed E-state index contributed by atoms with van der Waals surface area (Å²) in [5.74, 6) is 0. The standard InChI is InChI=1S/C15H20N2.C10H16.C8H18.C4H8.C2H6/c1-11(14(4)16-5)6-7-12(2)15-8-9-17-13(3)10-15;1-4-7-9-10(6-3)8-5-2;1-5-7-8(3,4)6-2;1-4(2)3;1-2/h6-10,16H,2H2,1,3-5H3;4,6-7,9H,3,5,8H2,1-2H3;5-7H2,1-4H3;1H2,2-3H3;1-2H3/b7-6-,14-11+;7-4-,10-9+;;;. The van der Waals surface area contributed by atoms with Crippen molar-refractivity contribution in [2.24, 2.45) is 5.41 Å². The Bertz CT molecular complexity index is 932. The molecular weight excluding hydrogens is 496 g/mol. The number of aromatic nitrogens is 1. The van der Waals surface area contributed by atoms with Gasteiger partial charge in [0.2, 0.25) is 0 Å². The fourth-order valence-corrected chi connectivity index (χ4v) is 3.00. The molecule has 41 heavy (non-hydrogen) atoms. The van der Waals surface area contributed by atoms with E-state index in [2.05, 4.69) is 90.7 Å². The number of nitrogens with one attached hydrogen (secondary N) is 1. The summed E-state index contributed by atoms with van der Waals surface area (Å²) < 4.78 is 0. The Balaban J connectivity index is -0.000000244. The molecule has 1 aromatic heterocycles. The third kappa shape index (κ3) is 31.5. The van der Waals surface area contributed by atoms with E-state index >= 15 is 0 Å². The fraction of sp³-hybridized carbons (Fsp3) is 0.513. The van der Waals surface area contributed by atoms with Gasteiger partial charge in [-0.2, -0.15) is 0 Å². The smallest absolute Gasteiger partial charge is 0.0378 e. The van der Waals surface area contributed by atoms with E-state index in [1.807, 2.05) is 91.2 Å².